The molecular weight excluding hydrogens is 296 g/mol. The number of hydrogen-bond acceptors (Lipinski definition) is 2. The molecule has 0 bridgehead atoms. The SMILES string of the molecule is OC#CC#CCCCCCCCCCCCCCCCCCCO. The van der Waals surface area contributed by atoms with E-state index in [1.54, 1.807) is 6.11 Å². The molecule has 0 saturated heterocycles. The Labute approximate surface area is 150 Å². The third-order valence-electron chi connectivity index (χ3n) is 4.42. The summed E-state index contributed by atoms with van der Waals surface area (Å²) < 4.78 is 0. The fraction of sp³-hybridized carbons (Fsp3) is 0.818. The molecular formula is C22H38O2. The number of unbranched alkanes of at least 4 members (excludes halogenated alkanes) is 16. The van der Waals surface area contributed by atoms with Gasteiger partial charge in [-0.15, -0.1) is 0 Å². The van der Waals surface area contributed by atoms with Crippen molar-refractivity contribution in [3.8, 4) is 23.9 Å². The molecule has 24 heavy (non-hydrogen) atoms. The van der Waals surface area contributed by atoms with Gasteiger partial charge in [0.2, 0.25) is 0 Å². The van der Waals surface area contributed by atoms with Gasteiger partial charge in [-0.3, -0.25) is 0 Å². The molecule has 2 N–H and O–H groups in total. The summed E-state index contributed by atoms with van der Waals surface area (Å²) in [5.41, 5.74) is 0. The Kier molecular flexibility index (Phi) is 20.9. The summed E-state index contributed by atoms with van der Waals surface area (Å²) in [5.74, 6) is 7.91. The molecule has 2 nitrogen and oxygen atoms in total. The Bertz CT molecular complexity index is 354. The molecule has 0 aromatic heterocycles. The number of aliphatic hydroxyl groups is 2. The van der Waals surface area contributed by atoms with Crippen LogP contribution in [0.15, 0.2) is 0 Å². The van der Waals surface area contributed by atoms with E-state index in [-0.39, 0.29) is 0 Å². The minimum atomic E-state index is 0.357. The van der Waals surface area contributed by atoms with Gasteiger partial charge in [0.25, 0.3) is 0 Å². The van der Waals surface area contributed by atoms with Crippen molar-refractivity contribution in [3.05, 3.63) is 0 Å². The second kappa shape index (κ2) is 21.9. The first kappa shape index (κ1) is 22.9. The zero-order valence-electron chi connectivity index (χ0n) is 15.6. The van der Waals surface area contributed by atoms with Crippen LogP contribution in [0.1, 0.15) is 109 Å². The van der Waals surface area contributed by atoms with Crippen molar-refractivity contribution in [2.45, 2.75) is 109 Å². The van der Waals surface area contributed by atoms with Gasteiger partial charge in [-0.1, -0.05) is 95.8 Å². The van der Waals surface area contributed by atoms with Crippen LogP contribution in [0.4, 0.5) is 0 Å². The van der Waals surface area contributed by atoms with E-state index in [2.05, 4.69) is 17.8 Å². The highest BCUT2D eigenvalue weighted by Crippen LogP contribution is 2.13. The molecule has 138 valence electrons. The molecule has 2 heteroatoms. The maximum atomic E-state index is 8.70. The summed E-state index contributed by atoms with van der Waals surface area (Å²) in [4.78, 5) is 0. The van der Waals surface area contributed by atoms with Crippen LogP contribution in [0, 0.1) is 23.9 Å². The molecule has 0 spiro atoms. The van der Waals surface area contributed by atoms with Crippen molar-refractivity contribution < 1.29 is 10.2 Å². The van der Waals surface area contributed by atoms with Gasteiger partial charge in [-0.25, -0.2) is 0 Å². The van der Waals surface area contributed by atoms with Gasteiger partial charge >= 0.3 is 0 Å². The Morgan fingerprint density at radius 1 is 0.458 bits per heavy atom. The maximum absolute atomic E-state index is 8.70. The van der Waals surface area contributed by atoms with Crippen LogP contribution >= 0.6 is 0 Å². The molecule has 0 aromatic carbocycles. The lowest BCUT2D eigenvalue weighted by molar-refractivity contribution is 0.282. The monoisotopic (exact) mass is 334 g/mol. The normalized spacial score (nSPS) is 9.88. The Morgan fingerprint density at radius 3 is 1.21 bits per heavy atom. The zero-order valence-corrected chi connectivity index (χ0v) is 15.6. The molecule has 0 aromatic rings. The quantitative estimate of drug-likeness (QED) is 0.255. The molecule has 0 aliphatic heterocycles. The first-order chi connectivity index (χ1) is 11.9. The predicted molar refractivity (Wildman–Crippen MR) is 103 cm³/mol. The second-order valence-corrected chi connectivity index (χ2v) is 6.67. The van der Waals surface area contributed by atoms with Crippen molar-refractivity contribution in [2.24, 2.45) is 0 Å². The largest absolute Gasteiger partial charge is 0.461 e. The van der Waals surface area contributed by atoms with E-state index in [1.165, 1.54) is 89.9 Å². The second-order valence-electron chi connectivity index (χ2n) is 6.67. The predicted octanol–water partition coefficient (Wildman–Crippen LogP) is 5.95. The zero-order chi connectivity index (χ0) is 17.6. The minimum absolute atomic E-state index is 0.357. The van der Waals surface area contributed by atoms with Crippen molar-refractivity contribution in [1.29, 1.82) is 0 Å². The lowest BCUT2D eigenvalue weighted by Gasteiger charge is -2.03. The van der Waals surface area contributed by atoms with E-state index in [0.717, 1.165) is 19.3 Å². The summed E-state index contributed by atoms with van der Waals surface area (Å²) >= 11 is 0. The molecule has 0 saturated carbocycles. The molecule has 0 heterocycles. The Balaban J connectivity index is 3.02. The summed E-state index contributed by atoms with van der Waals surface area (Å²) in [6.07, 6.45) is 23.8. The first-order valence-corrected chi connectivity index (χ1v) is 10.1. The third-order valence-corrected chi connectivity index (χ3v) is 4.42. The van der Waals surface area contributed by atoms with Crippen LogP contribution in [0.25, 0.3) is 0 Å². The van der Waals surface area contributed by atoms with E-state index in [4.69, 9.17) is 10.2 Å². The third kappa shape index (κ3) is 20.9. The fourth-order valence-corrected chi connectivity index (χ4v) is 2.93. The molecule has 0 fully saturated rings. The van der Waals surface area contributed by atoms with Crippen molar-refractivity contribution in [1.82, 2.24) is 0 Å². The fourth-order valence-electron chi connectivity index (χ4n) is 2.93. The van der Waals surface area contributed by atoms with Crippen molar-refractivity contribution in [3.63, 3.8) is 0 Å². The highest BCUT2D eigenvalue weighted by atomic mass is 16.3. The molecule has 0 rings (SSSR count). The summed E-state index contributed by atoms with van der Waals surface area (Å²) in [5, 5.41) is 16.9. The summed E-state index contributed by atoms with van der Waals surface area (Å²) in [7, 11) is 0. The highest BCUT2D eigenvalue weighted by molar-refractivity contribution is 5.23. The molecule has 0 amide bonds. The standard InChI is InChI=1S/C22H38O2/c23-21-19-17-15-13-11-9-7-5-3-1-2-4-6-8-10-12-14-16-18-20-22-24/h23-24H,1-15,17,19,21H2. The van der Waals surface area contributed by atoms with E-state index in [9.17, 15) is 0 Å². The van der Waals surface area contributed by atoms with Gasteiger partial charge in [0.05, 0.1) is 0 Å². The number of aliphatic hydroxyl groups excluding tert-OH is 2. The van der Waals surface area contributed by atoms with Crippen LogP contribution < -0.4 is 0 Å². The average molecular weight is 335 g/mol. The van der Waals surface area contributed by atoms with Crippen LogP contribution in [0.5, 0.6) is 0 Å². The van der Waals surface area contributed by atoms with E-state index >= 15 is 0 Å². The van der Waals surface area contributed by atoms with E-state index < -0.39 is 0 Å². The highest BCUT2D eigenvalue weighted by Gasteiger charge is 1.94. The first-order valence-electron chi connectivity index (χ1n) is 10.1. The topological polar surface area (TPSA) is 40.5 Å². The van der Waals surface area contributed by atoms with Gasteiger partial charge in [-0.05, 0) is 18.8 Å². The van der Waals surface area contributed by atoms with Gasteiger partial charge in [0.1, 0.15) is 6.11 Å². The minimum Gasteiger partial charge on any atom is -0.461 e. The lowest BCUT2D eigenvalue weighted by atomic mass is 10.0. The Hall–Kier alpha value is -1.12. The van der Waals surface area contributed by atoms with Gasteiger partial charge < -0.3 is 10.2 Å². The van der Waals surface area contributed by atoms with Crippen LogP contribution in [-0.4, -0.2) is 16.8 Å². The molecule has 0 atom stereocenters. The average Bonchev–Trinajstić information content (AvgIpc) is 2.60. The van der Waals surface area contributed by atoms with E-state index in [0.29, 0.717) is 6.61 Å². The summed E-state index contributed by atoms with van der Waals surface area (Å²) in [6.45, 7) is 0.357. The van der Waals surface area contributed by atoms with Crippen LogP contribution in [0.2, 0.25) is 0 Å². The number of hydrogen-bond donors (Lipinski definition) is 2. The molecule has 0 aliphatic carbocycles. The molecule has 0 radical (unpaired) electrons. The maximum Gasteiger partial charge on any atom is 0.122 e. The van der Waals surface area contributed by atoms with Gasteiger partial charge in [-0.2, -0.15) is 0 Å². The lowest BCUT2D eigenvalue weighted by Crippen LogP contribution is -1.85. The van der Waals surface area contributed by atoms with Crippen LogP contribution in [0.3, 0.4) is 0 Å². The van der Waals surface area contributed by atoms with Gasteiger partial charge in [0.15, 0.2) is 0 Å². The Morgan fingerprint density at radius 2 is 0.833 bits per heavy atom. The smallest absolute Gasteiger partial charge is 0.122 e. The number of rotatable bonds is 17. The van der Waals surface area contributed by atoms with Crippen molar-refractivity contribution in [2.75, 3.05) is 6.61 Å². The van der Waals surface area contributed by atoms with Gasteiger partial charge in [0, 0.05) is 18.9 Å². The van der Waals surface area contributed by atoms with Crippen molar-refractivity contribution >= 4 is 0 Å². The van der Waals surface area contributed by atoms with E-state index in [1.807, 2.05) is 0 Å². The molecule has 0 aliphatic rings. The summed E-state index contributed by atoms with van der Waals surface area (Å²) in [6, 6.07) is 0. The molecule has 0 unspecified atom stereocenters. The van der Waals surface area contributed by atoms with Crippen LogP contribution in [-0.2, 0) is 0 Å².